The summed E-state index contributed by atoms with van der Waals surface area (Å²) in [5.41, 5.74) is 7.53. The van der Waals surface area contributed by atoms with Gasteiger partial charge in [-0.15, -0.1) is 0 Å². The molecule has 0 aliphatic rings. The molecule has 0 saturated carbocycles. The highest BCUT2D eigenvalue weighted by Crippen LogP contribution is 2.44. The Bertz CT molecular complexity index is 393. The highest BCUT2D eigenvalue weighted by molar-refractivity contribution is 6.37. The SMILES string of the molecule is Cc1c(Cl)c(C(C)(C)C)c(Cl)c(O)c1CN. The van der Waals surface area contributed by atoms with Crippen LogP contribution >= 0.6 is 23.2 Å². The Morgan fingerprint density at radius 1 is 1.19 bits per heavy atom. The number of hydrogen-bond acceptors (Lipinski definition) is 2. The molecule has 0 atom stereocenters. The van der Waals surface area contributed by atoms with Crippen LogP contribution in [0.3, 0.4) is 0 Å². The van der Waals surface area contributed by atoms with Crippen LogP contribution in [0.1, 0.15) is 37.5 Å². The van der Waals surface area contributed by atoms with E-state index in [1.165, 1.54) is 0 Å². The monoisotopic (exact) mass is 261 g/mol. The summed E-state index contributed by atoms with van der Waals surface area (Å²) in [7, 11) is 0. The van der Waals surface area contributed by atoms with Crippen LogP contribution in [0.25, 0.3) is 0 Å². The second kappa shape index (κ2) is 4.44. The fourth-order valence-electron chi connectivity index (χ4n) is 1.75. The van der Waals surface area contributed by atoms with Crippen LogP contribution in [0.4, 0.5) is 0 Å². The molecule has 0 fully saturated rings. The van der Waals surface area contributed by atoms with Crippen LogP contribution in [0.5, 0.6) is 5.75 Å². The smallest absolute Gasteiger partial charge is 0.139 e. The number of nitrogens with two attached hydrogens (primary N) is 1. The highest BCUT2D eigenvalue weighted by Gasteiger charge is 2.26. The average Bonchev–Trinajstić information content (AvgIpc) is 2.14. The van der Waals surface area contributed by atoms with E-state index in [0.29, 0.717) is 15.6 Å². The largest absolute Gasteiger partial charge is 0.506 e. The number of phenols is 1. The third-order valence-corrected chi connectivity index (χ3v) is 3.51. The van der Waals surface area contributed by atoms with Gasteiger partial charge in [0, 0.05) is 17.1 Å². The lowest BCUT2D eigenvalue weighted by Gasteiger charge is -2.25. The zero-order chi connectivity index (χ0) is 12.7. The molecule has 1 rings (SSSR count). The summed E-state index contributed by atoms with van der Waals surface area (Å²) in [5.74, 6) is 0.0518. The summed E-state index contributed by atoms with van der Waals surface area (Å²) in [6.45, 7) is 8.07. The number of benzene rings is 1. The van der Waals surface area contributed by atoms with Crippen molar-refractivity contribution < 1.29 is 5.11 Å². The minimum Gasteiger partial charge on any atom is -0.506 e. The number of aromatic hydroxyl groups is 1. The third-order valence-electron chi connectivity index (χ3n) is 2.67. The Labute approximate surface area is 106 Å². The van der Waals surface area contributed by atoms with E-state index in [-0.39, 0.29) is 17.7 Å². The van der Waals surface area contributed by atoms with Gasteiger partial charge in [0.2, 0.25) is 0 Å². The molecule has 4 heteroatoms. The van der Waals surface area contributed by atoms with Crippen molar-refractivity contribution in [2.24, 2.45) is 5.73 Å². The fourth-order valence-corrected chi connectivity index (χ4v) is 2.79. The second-order valence-corrected chi connectivity index (χ2v) is 5.67. The van der Waals surface area contributed by atoms with Crippen molar-refractivity contribution >= 4 is 23.2 Å². The summed E-state index contributed by atoms with van der Waals surface area (Å²) < 4.78 is 0. The van der Waals surface area contributed by atoms with Crippen molar-refractivity contribution in [1.82, 2.24) is 0 Å². The van der Waals surface area contributed by atoms with E-state index in [0.717, 1.165) is 11.1 Å². The number of phenolic OH excluding ortho intramolecular Hbond substituents is 1. The Morgan fingerprint density at radius 3 is 2.06 bits per heavy atom. The van der Waals surface area contributed by atoms with Crippen molar-refractivity contribution in [1.29, 1.82) is 0 Å². The zero-order valence-electron chi connectivity index (χ0n) is 9.99. The summed E-state index contributed by atoms with van der Waals surface area (Å²) in [5, 5.41) is 10.9. The van der Waals surface area contributed by atoms with Crippen molar-refractivity contribution in [3.8, 4) is 5.75 Å². The second-order valence-electron chi connectivity index (χ2n) is 4.91. The molecule has 0 unspecified atom stereocenters. The minimum absolute atomic E-state index is 0.0518. The standard InChI is InChI=1S/C12H17Cl2NO/c1-6-7(5-15)11(16)10(14)8(9(6)13)12(2,3)4/h16H,5,15H2,1-4H3. The Balaban J connectivity index is 3.67. The molecule has 0 amide bonds. The van der Waals surface area contributed by atoms with Crippen LogP contribution in [-0.2, 0) is 12.0 Å². The molecule has 1 aromatic rings. The van der Waals surface area contributed by atoms with Crippen molar-refractivity contribution in [3.05, 3.63) is 26.7 Å². The van der Waals surface area contributed by atoms with Gasteiger partial charge in [0.15, 0.2) is 0 Å². The molecule has 0 aliphatic carbocycles. The molecule has 90 valence electrons. The lowest BCUT2D eigenvalue weighted by atomic mass is 9.84. The molecule has 16 heavy (non-hydrogen) atoms. The van der Waals surface area contributed by atoms with E-state index in [4.69, 9.17) is 28.9 Å². The van der Waals surface area contributed by atoms with Crippen LogP contribution in [0, 0.1) is 6.92 Å². The maximum absolute atomic E-state index is 9.98. The normalized spacial score (nSPS) is 11.9. The summed E-state index contributed by atoms with van der Waals surface area (Å²) >= 11 is 12.4. The number of rotatable bonds is 1. The van der Waals surface area contributed by atoms with Gasteiger partial charge in [-0.25, -0.2) is 0 Å². The molecule has 0 heterocycles. The first-order chi connectivity index (χ1) is 7.21. The van der Waals surface area contributed by atoms with Crippen molar-refractivity contribution in [3.63, 3.8) is 0 Å². The van der Waals surface area contributed by atoms with Crippen molar-refractivity contribution in [2.75, 3.05) is 0 Å². The lowest BCUT2D eigenvalue weighted by Crippen LogP contribution is -2.15. The van der Waals surface area contributed by atoms with Gasteiger partial charge >= 0.3 is 0 Å². The molecule has 1 aromatic carbocycles. The van der Waals surface area contributed by atoms with Crippen LogP contribution < -0.4 is 5.73 Å². The predicted octanol–water partition coefficient (Wildman–Crippen LogP) is 3.76. The highest BCUT2D eigenvalue weighted by atomic mass is 35.5. The van der Waals surface area contributed by atoms with Gasteiger partial charge in [-0.1, -0.05) is 44.0 Å². The first-order valence-corrected chi connectivity index (χ1v) is 5.87. The van der Waals surface area contributed by atoms with Gasteiger partial charge in [-0.3, -0.25) is 0 Å². The van der Waals surface area contributed by atoms with E-state index in [9.17, 15) is 5.11 Å². The van der Waals surface area contributed by atoms with Gasteiger partial charge < -0.3 is 10.8 Å². The maximum atomic E-state index is 9.98. The van der Waals surface area contributed by atoms with Crippen LogP contribution in [-0.4, -0.2) is 5.11 Å². The number of hydrogen-bond donors (Lipinski definition) is 2. The molecule has 0 saturated heterocycles. The Hall–Kier alpha value is -0.440. The van der Waals surface area contributed by atoms with Gasteiger partial charge in [-0.05, 0) is 23.5 Å². The quantitative estimate of drug-likeness (QED) is 0.809. The summed E-state index contributed by atoms with van der Waals surface area (Å²) in [6.07, 6.45) is 0. The molecular weight excluding hydrogens is 245 g/mol. The van der Waals surface area contributed by atoms with Gasteiger partial charge in [0.25, 0.3) is 0 Å². The third kappa shape index (κ3) is 2.15. The zero-order valence-corrected chi connectivity index (χ0v) is 11.5. The molecule has 0 aliphatic heterocycles. The van der Waals surface area contributed by atoms with Gasteiger partial charge in [-0.2, -0.15) is 0 Å². The first-order valence-electron chi connectivity index (χ1n) is 5.11. The molecule has 0 aromatic heterocycles. The number of halogens is 2. The first kappa shape index (κ1) is 13.6. The van der Waals surface area contributed by atoms with Crippen LogP contribution in [0.2, 0.25) is 10.0 Å². The van der Waals surface area contributed by atoms with E-state index in [1.807, 2.05) is 27.7 Å². The van der Waals surface area contributed by atoms with Crippen molar-refractivity contribution in [2.45, 2.75) is 39.7 Å². The topological polar surface area (TPSA) is 46.2 Å². The molecule has 3 N–H and O–H groups in total. The molecule has 0 radical (unpaired) electrons. The maximum Gasteiger partial charge on any atom is 0.139 e. The van der Waals surface area contributed by atoms with Gasteiger partial charge in [0.1, 0.15) is 5.75 Å². The van der Waals surface area contributed by atoms with E-state index >= 15 is 0 Å². The Morgan fingerprint density at radius 2 is 1.69 bits per heavy atom. The fraction of sp³-hybridized carbons (Fsp3) is 0.500. The lowest BCUT2D eigenvalue weighted by molar-refractivity contribution is 0.463. The minimum atomic E-state index is -0.219. The van der Waals surface area contributed by atoms with Crippen LogP contribution in [0.15, 0.2) is 0 Å². The molecule has 0 spiro atoms. The Kier molecular flexibility index (Phi) is 3.78. The molecule has 0 bridgehead atoms. The summed E-state index contributed by atoms with van der Waals surface area (Å²) in [6, 6.07) is 0. The van der Waals surface area contributed by atoms with E-state index < -0.39 is 0 Å². The summed E-state index contributed by atoms with van der Waals surface area (Å²) in [4.78, 5) is 0. The molecule has 2 nitrogen and oxygen atoms in total. The average molecular weight is 262 g/mol. The van der Waals surface area contributed by atoms with E-state index in [1.54, 1.807) is 0 Å². The van der Waals surface area contributed by atoms with Gasteiger partial charge in [0.05, 0.1) is 5.02 Å². The predicted molar refractivity (Wildman–Crippen MR) is 69.5 cm³/mol. The van der Waals surface area contributed by atoms with E-state index in [2.05, 4.69) is 0 Å². The molecular formula is C12H17Cl2NO.